The van der Waals surface area contributed by atoms with E-state index >= 15 is 0 Å². The number of para-hydroxylation sites is 1. The van der Waals surface area contributed by atoms with Gasteiger partial charge in [-0.1, -0.05) is 41.4 Å². The first kappa shape index (κ1) is 22.0. The van der Waals surface area contributed by atoms with Crippen molar-refractivity contribution in [2.75, 3.05) is 0 Å². The van der Waals surface area contributed by atoms with Gasteiger partial charge in [0.2, 0.25) is 0 Å². The molecule has 4 rings (SSSR count). The van der Waals surface area contributed by atoms with Gasteiger partial charge in [-0.25, -0.2) is 4.68 Å². The molecular formula is C24H21Cl2N3O3. The molecule has 0 bridgehead atoms. The number of carbonyl (C=O) groups is 1. The van der Waals surface area contributed by atoms with Crippen LogP contribution in [0.3, 0.4) is 0 Å². The minimum Gasteiger partial charge on any atom is -0.484 e. The molecule has 0 saturated heterocycles. The smallest absolute Gasteiger partial charge is 0.287 e. The van der Waals surface area contributed by atoms with Crippen LogP contribution in [0.5, 0.6) is 5.75 Å². The first-order valence-electron chi connectivity index (χ1n) is 9.97. The predicted octanol–water partition coefficient (Wildman–Crippen LogP) is 5.90. The van der Waals surface area contributed by atoms with Crippen LogP contribution in [0, 0.1) is 13.8 Å². The van der Waals surface area contributed by atoms with Gasteiger partial charge >= 0.3 is 0 Å². The number of nitrogens with zero attached hydrogens (tertiary/aromatic N) is 2. The second-order valence-electron chi connectivity index (χ2n) is 7.21. The zero-order chi connectivity index (χ0) is 22.7. The lowest BCUT2D eigenvalue weighted by atomic mass is 10.2. The summed E-state index contributed by atoms with van der Waals surface area (Å²) in [6, 6.07) is 18.2. The van der Waals surface area contributed by atoms with Gasteiger partial charge in [0.1, 0.15) is 18.1 Å². The van der Waals surface area contributed by atoms with Crippen molar-refractivity contribution in [3.8, 4) is 11.4 Å². The summed E-state index contributed by atoms with van der Waals surface area (Å²) in [4.78, 5) is 12.6. The van der Waals surface area contributed by atoms with E-state index in [9.17, 15) is 4.79 Å². The molecule has 0 atom stereocenters. The van der Waals surface area contributed by atoms with Crippen molar-refractivity contribution >= 4 is 29.1 Å². The molecule has 32 heavy (non-hydrogen) atoms. The van der Waals surface area contributed by atoms with Crippen LogP contribution in [-0.4, -0.2) is 15.7 Å². The lowest BCUT2D eigenvalue weighted by Gasteiger charge is -2.07. The third-order valence-corrected chi connectivity index (χ3v) is 5.55. The number of aromatic nitrogens is 2. The molecule has 1 amide bonds. The van der Waals surface area contributed by atoms with Crippen LogP contribution in [0.25, 0.3) is 5.69 Å². The van der Waals surface area contributed by atoms with Gasteiger partial charge in [0.15, 0.2) is 5.76 Å². The molecular weight excluding hydrogens is 449 g/mol. The number of halogens is 2. The lowest BCUT2D eigenvalue weighted by molar-refractivity contribution is 0.0919. The van der Waals surface area contributed by atoms with Crippen LogP contribution in [0.4, 0.5) is 0 Å². The number of carbonyl (C=O) groups excluding carboxylic acids is 1. The van der Waals surface area contributed by atoms with Crippen molar-refractivity contribution in [3.05, 3.63) is 99.2 Å². The summed E-state index contributed by atoms with van der Waals surface area (Å²) in [5.74, 6) is 0.883. The first-order chi connectivity index (χ1) is 15.4. The molecule has 1 N–H and O–H groups in total. The third kappa shape index (κ3) is 4.82. The molecule has 0 aliphatic rings. The van der Waals surface area contributed by atoms with E-state index in [2.05, 4.69) is 10.4 Å². The number of amides is 1. The Morgan fingerprint density at radius 1 is 1.09 bits per heavy atom. The monoisotopic (exact) mass is 469 g/mol. The number of rotatable bonds is 7. The zero-order valence-corrected chi connectivity index (χ0v) is 19.1. The second-order valence-corrected chi connectivity index (χ2v) is 8.05. The number of ether oxygens (including phenoxy) is 1. The van der Waals surface area contributed by atoms with Crippen LogP contribution in [0.2, 0.25) is 10.0 Å². The summed E-state index contributed by atoms with van der Waals surface area (Å²) in [7, 11) is 0. The van der Waals surface area contributed by atoms with Crippen LogP contribution < -0.4 is 10.1 Å². The van der Waals surface area contributed by atoms with E-state index in [0.717, 1.165) is 22.6 Å². The Morgan fingerprint density at radius 2 is 1.88 bits per heavy atom. The average molecular weight is 470 g/mol. The molecule has 0 aliphatic heterocycles. The summed E-state index contributed by atoms with van der Waals surface area (Å²) < 4.78 is 13.2. The van der Waals surface area contributed by atoms with Gasteiger partial charge in [-0.05, 0) is 56.3 Å². The van der Waals surface area contributed by atoms with E-state index in [-0.39, 0.29) is 18.3 Å². The molecule has 4 aromatic rings. The van der Waals surface area contributed by atoms with Crippen LogP contribution >= 0.6 is 23.2 Å². The number of hydrogen-bond donors (Lipinski definition) is 1. The molecule has 8 heteroatoms. The molecule has 0 radical (unpaired) electrons. The number of nitrogens with one attached hydrogen (secondary N) is 1. The van der Waals surface area contributed by atoms with Gasteiger partial charge in [0.05, 0.1) is 16.4 Å². The summed E-state index contributed by atoms with van der Waals surface area (Å²) >= 11 is 12.0. The SMILES string of the molecule is Cc1nn(-c2ccccc2)c(C)c1CNC(=O)c1ccc(COc2ccc(Cl)cc2Cl)o1. The van der Waals surface area contributed by atoms with E-state index in [0.29, 0.717) is 28.1 Å². The van der Waals surface area contributed by atoms with Crippen LogP contribution in [0.15, 0.2) is 65.1 Å². The maximum absolute atomic E-state index is 12.6. The number of hydrogen-bond acceptors (Lipinski definition) is 4. The largest absolute Gasteiger partial charge is 0.484 e. The van der Waals surface area contributed by atoms with Crippen molar-refractivity contribution in [2.24, 2.45) is 0 Å². The van der Waals surface area contributed by atoms with Gasteiger partial charge in [0.25, 0.3) is 5.91 Å². The second kappa shape index (κ2) is 9.51. The topological polar surface area (TPSA) is 69.3 Å². The molecule has 2 heterocycles. The van der Waals surface area contributed by atoms with Gasteiger partial charge < -0.3 is 14.5 Å². The molecule has 0 saturated carbocycles. The fourth-order valence-corrected chi connectivity index (χ4v) is 3.79. The molecule has 164 valence electrons. The molecule has 2 aromatic carbocycles. The van der Waals surface area contributed by atoms with Crippen molar-refractivity contribution in [1.29, 1.82) is 0 Å². The Morgan fingerprint density at radius 3 is 2.62 bits per heavy atom. The maximum atomic E-state index is 12.6. The van der Waals surface area contributed by atoms with Crippen molar-refractivity contribution in [2.45, 2.75) is 27.0 Å². The van der Waals surface area contributed by atoms with Crippen LogP contribution in [0.1, 0.15) is 33.3 Å². The average Bonchev–Trinajstić information content (AvgIpc) is 3.37. The standard InChI is InChI=1S/C24H21Cl2N3O3/c1-15-20(16(2)29(28-15)18-6-4-3-5-7-18)13-27-24(30)23-11-9-19(32-23)14-31-22-10-8-17(25)12-21(22)26/h3-12H,13-14H2,1-2H3,(H,27,30). The zero-order valence-electron chi connectivity index (χ0n) is 17.6. The first-order valence-corrected chi connectivity index (χ1v) is 10.7. The van der Waals surface area contributed by atoms with Crippen molar-refractivity contribution in [1.82, 2.24) is 15.1 Å². The van der Waals surface area contributed by atoms with Gasteiger partial charge in [-0.15, -0.1) is 0 Å². The normalized spacial score (nSPS) is 10.9. The number of furan rings is 1. The fraction of sp³-hybridized carbons (Fsp3) is 0.167. The van der Waals surface area contributed by atoms with Crippen molar-refractivity contribution in [3.63, 3.8) is 0 Å². The highest BCUT2D eigenvalue weighted by Crippen LogP contribution is 2.28. The summed E-state index contributed by atoms with van der Waals surface area (Å²) in [5.41, 5.74) is 3.78. The third-order valence-electron chi connectivity index (χ3n) is 5.02. The van der Waals surface area contributed by atoms with E-state index < -0.39 is 0 Å². The van der Waals surface area contributed by atoms with Gasteiger partial charge in [0, 0.05) is 22.8 Å². The lowest BCUT2D eigenvalue weighted by Crippen LogP contribution is -2.23. The number of aryl methyl sites for hydroxylation is 1. The fourth-order valence-electron chi connectivity index (χ4n) is 3.33. The predicted molar refractivity (Wildman–Crippen MR) is 124 cm³/mol. The van der Waals surface area contributed by atoms with Gasteiger partial charge in [-0.2, -0.15) is 5.10 Å². The van der Waals surface area contributed by atoms with Crippen LogP contribution in [-0.2, 0) is 13.2 Å². The highest BCUT2D eigenvalue weighted by Gasteiger charge is 2.16. The Bertz CT molecular complexity index is 1250. The van der Waals surface area contributed by atoms with Gasteiger partial charge in [-0.3, -0.25) is 4.79 Å². The minimum atomic E-state index is -0.313. The summed E-state index contributed by atoms with van der Waals surface area (Å²) in [6.45, 7) is 4.39. The van der Waals surface area contributed by atoms with E-state index in [1.807, 2.05) is 48.9 Å². The maximum Gasteiger partial charge on any atom is 0.287 e. The molecule has 0 spiro atoms. The molecule has 0 fully saturated rings. The Labute approximate surface area is 195 Å². The molecule has 0 unspecified atom stereocenters. The van der Waals surface area contributed by atoms with E-state index in [1.54, 1.807) is 30.3 Å². The molecule has 2 aromatic heterocycles. The summed E-state index contributed by atoms with van der Waals surface area (Å²) in [6.07, 6.45) is 0. The highest BCUT2D eigenvalue weighted by molar-refractivity contribution is 6.35. The van der Waals surface area contributed by atoms with Crippen molar-refractivity contribution < 1.29 is 13.9 Å². The Hall–Kier alpha value is -3.22. The Balaban J connectivity index is 1.38. The highest BCUT2D eigenvalue weighted by atomic mass is 35.5. The summed E-state index contributed by atoms with van der Waals surface area (Å²) in [5, 5.41) is 8.44. The Kier molecular flexibility index (Phi) is 6.53. The van der Waals surface area contributed by atoms with E-state index in [4.69, 9.17) is 32.4 Å². The quantitative estimate of drug-likeness (QED) is 0.365. The number of benzene rings is 2. The molecule has 6 nitrogen and oxygen atoms in total. The van der Waals surface area contributed by atoms with E-state index in [1.165, 1.54) is 0 Å². The molecule has 0 aliphatic carbocycles. The minimum absolute atomic E-state index is 0.136.